The first-order valence-electron chi connectivity index (χ1n) is 5.92. The maximum Gasteiger partial charge on any atom is 0.0350 e. The third-order valence-electron chi connectivity index (χ3n) is 3.97. The molecule has 0 spiro atoms. The van der Waals surface area contributed by atoms with Crippen LogP contribution in [0.15, 0.2) is 24.3 Å². The van der Waals surface area contributed by atoms with E-state index in [2.05, 4.69) is 17.0 Å². The van der Waals surface area contributed by atoms with Crippen molar-refractivity contribution in [2.24, 2.45) is 5.92 Å². The Balaban J connectivity index is 1.85. The molecule has 0 aliphatic carbocycles. The van der Waals surface area contributed by atoms with Gasteiger partial charge in [-0.3, -0.25) is 4.90 Å². The Hall–Kier alpha value is -1.02. The van der Waals surface area contributed by atoms with Crippen LogP contribution in [-0.2, 0) is 0 Å². The molecule has 3 saturated heterocycles. The van der Waals surface area contributed by atoms with Crippen LogP contribution >= 0.6 is 0 Å². The van der Waals surface area contributed by atoms with Gasteiger partial charge in [0.05, 0.1) is 0 Å². The van der Waals surface area contributed by atoms with Gasteiger partial charge in [0.15, 0.2) is 0 Å². The summed E-state index contributed by atoms with van der Waals surface area (Å²) in [5.41, 5.74) is 8.04. The summed E-state index contributed by atoms with van der Waals surface area (Å²) < 4.78 is 0. The van der Waals surface area contributed by atoms with Crippen molar-refractivity contribution in [3.63, 3.8) is 0 Å². The summed E-state index contributed by atoms with van der Waals surface area (Å²) in [7, 11) is 0. The summed E-state index contributed by atoms with van der Waals surface area (Å²) in [6.07, 6.45) is 4.17. The number of nitrogens with two attached hydrogens (primary N) is 1. The smallest absolute Gasteiger partial charge is 0.0350 e. The monoisotopic (exact) mass is 202 g/mol. The third-order valence-corrected chi connectivity index (χ3v) is 3.97. The molecule has 0 aromatic heterocycles. The van der Waals surface area contributed by atoms with Crippen molar-refractivity contribution in [1.29, 1.82) is 0 Å². The van der Waals surface area contributed by atoms with Gasteiger partial charge in [0.2, 0.25) is 0 Å². The average molecular weight is 202 g/mol. The maximum absolute atomic E-state index is 5.72. The zero-order chi connectivity index (χ0) is 10.3. The van der Waals surface area contributed by atoms with E-state index in [0.717, 1.165) is 11.6 Å². The fraction of sp³-hybridized carbons (Fsp3) is 0.538. The second-order valence-corrected chi connectivity index (χ2v) is 4.90. The summed E-state index contributed by atoms with van der Waals surface area (Å²) >= 11 is 0. The van der Waals surface area contributed by atoms with E-state index in [1.807, 2.05) is 12.1 Å². The number of nitrogen functional groups attached to an aromatic ring is 1. The van der Waals surface area contributed by atoms with Crippen molar-refractivity contribution in [3.8, 4) is 0 Å². The SMILES string of the molecule is Nc1ccc(C2CC3CCN2CC3)cc1. The average Bonchev–Trinajstić information content (AvgIpc) is 2.31. The molecule has 0 amide bonds. The Morgan fingerprint density at radius 3 is 2.27 bits per heavy atom. The van der Waals surface area contributed by atoms with Gasteiger partial charge in [-0.05, 0) is 56.0 Å². The van der Waals surface area contributed by atoms with Crippen LogP contribution in [0.2, 0.25) is 0 Å². The fourth-order valence-corrected chi connectivity index (χ4v) is 3.03. The number of benzene rings is 1. The molecule has 2 heteroatoms. The quantitative estimate of drug-likeness (QED) is 0.709. The molecule has 1 atom stereocenters. The van der Waals surface area contributed by atoms with E-state index in [1.54, 1.807) is 0 Å². The highest BCUT2D eigenvalue weighted by Crippen LogP contribution is 2.40. The van der Waals surface area contributed by atoms with Gasteiger partial charge in [-0.1, -0.05) is 12.1 Å². The van der Waals surface area contributed by atoms with Gasteiger partial charge >= 0.3 is 0 Å². The standard InChI is InChI=1S/C13H18N2/c14-12-3-1-11(2-4-12)13-9-10-5-7-15(13)8-6-10/h1-4,10,13H,5-9,14H2. The van der Waals surface area contributed by atoms with Crippen LogP contribution in [0.1, 0.15) is 30.9 Å². The van der Waals surface area contributed by atoms with Crippen molar-refractivity contribution in [1.82, 2.24) is 4.90 Å². The molecular formula is C13H18N2. The van der Waals surface area contributed by atoms with Crippen LogP contribution in [0.4, 0.5) is 5.69 Å². The molecule has 2 bridgehead atoms. The molecular weight excluding hydrogens is 184 g/mol. The molecule has 2 N–H and O–H groups in total. The maximum atomic E-state index is 5.72. The highest BCUT2D eigenvalue weighted by molar-refractivity contribution is 5.40. The Kier molecular flexibility index (Phi) is 2.17. The normalized spacial score (nSPS) is 34.3. The third kappa shape index (κ3) is 1.63. The van der Waals surface area contributed by atoms with E-state index in [-0.39, 0.29) is 0 Å². The van der Waals surface area contributed by atoms with Gasteiger partial charge in [-0.25, -0.2) is 0 Å². The molecule has 1 aromatic carbocycles. The minimum atomic E-state index is 0.665. The molecule has 0 radical (unpaired) electrons. The number of anilines is 1. The van der Waals surface area contributed by atoms with Crippen molar-refractivity contribution in [3.05, 3.63) is 29.8 Å². The lowest BCUT2D eigenvalue weighted by Crippen LogP contribution is -2.43. The van der Waals surface area contributed by atoms with Crippen molar-refractivity contribution < 1.29 is 0 Å². The molecule has 0 saturated carbocycles. The number of piperidine rings is 3. The van der Waals surface area contributed by atoms with Crippen LogP contribution in [0.3, 0.4) is 0 Å². The predicted molar refractivity (Wildman–Crippen MR) is 62.5 cm³/mol. The van der Waals surface area contributed by atoms with Gasteiger partial charge < -0.3 is 5.73 Å². The van der Waals surface area contributed by atoms with Gasteiger partial charge in [0.25, 0.3) is 0 Å². The van der Waals surface area contributed by atoms with Crippen molar-refractivity contribution >= 4 is 5.69 Å². The van der Waals surface area contributed by atoms with Crippen LogP contribution in [0, 0.1) is 5.92 Å². The first-order chi connectivity index (χ1) is 7.33. The second kappa shape index (κ2) is 3.53. The Morgan fingerprint density at radius 2 is 1.73 bits per heavy atom. The van der Waals surface area contributed by atoms with Crippen LogP contribution in [0.5, 0.6) is 0 Å². The number of rotatable bonds is 1. The molecule has 3 aliphatic heterocycles. The van der Waals surface area contributed by atoms with E-state index >= 15 is 0 Å². The summed E-state index contributed by atoms with van der Waals surface area (Å²) in [6.45, 7) is 2.58. The van der Waals surface area contributed by atoms with E-state index < -0.39 is 0 Å². The van der Waals surface area contributed by atoms with Crippen LogP contribution in [0.25, 0.3) is 0 Å². The first kappa shape index (κ1) is 9.22. The predicted octanol–water partition coefficient (Wildman–Crippen LogP) is 2.43. The zero-order valence-corrected chi connectivity index (χ0v) is 9.02. The summed E-state index contributed by atoms with van der Waals surface area (Å²) in [5.74, 6) is 0.970. The zero-order valence-electron chi connectivity index (χ0n) is 9.02. The summed E-state index contributed by atoms with van der Waals surface area (Å²) in [4.78, 5) is 2.63. The minimum absolute atomic E-state index is 0.665. The second-order valence-electron chi connectivity index (χ2n) is 4.90. The number of fused-ring (bicyclic) bond motifs is 3. The molecule has 4 rings (SSSR count). The molecule has 3 heterocycles. The molecule has 15 heavy (non-hydrogen) atoms. The van der Waals surface area contributed by atoms with Gasteiger partial charge in [0.1, 0.15) is 0 Å². The fourth-order valence-electron chi connectivity index (χ4n) is 3.03. The summed E-state index contributed by atoms with van der Waals surface area (Å²) in [5, 5.41) is 0. The minimum Gasteiger partial charge on any atom is -0.399 e. The highest BCUT2D eigenvalue weighted by atomic mass is 15.2. The van der Waals surface area contributed by atoms with E-state index in [9.17, 15) is 0 Å². The molecule has 1 aromatic rings. The topological polar surface area (TPSA) is 29.3 Å². The highest BCUT2D eigenvalue weighted by Gasteiger charge is 2.33. The molecule has 3 fully saturated rings. The molecule has 80 valence electrons. The molecule has 2 nitrogen and oxygen atoms in total. The van der Waals surface area contributed by atoms with Gasteiger partial charge in [-0.2, -0.15) is 0 Å². The van der Waals surface area contributed by atoms with Crippen LogP contribution < -0.4 is 5.73 Å². The Bertz CT molecular complexity index is 336. The van der Waals surface area contributed by atoms with Gasteiger partial charge in [-0.15, -0.1) is 0 Å². The lowest BCUT2D eigenvalue weighted by atomic mass is 9.81. The molecule has 3 aliphatic rings. The largest absolute Gasteiger partial charge is 0.399 e. The lowest BCUT2D eigenvalue weighted by Gasteiger charge is -2.45. The van der Waals surface area contributed by atoms with Crippen molar-refractivity contribution in [2.75, 3.05) is 18.8 Å². The number of hydrogen-bond donors (Lipinski definition) is 1. The lowest BCUT2D eigenvalue weighted by molar-refractivity contribution is 0.0490. The Labute approximate surface area is 91.1 Å². The Morgan fingerprint density at radius 1 is 1.07 bits per heavy atom. The molecule has 1 unspecified atom stereocenters. The summed E-state index contributed by atoms with van der Waals surface area (Å²) in [6, 6.07) is 9.11. The van der Waals surface area contributed by atoms with E-state index in [0.29, 0.717) is 6.04 Å². The van der Waals surface area contributed by atoms with Crippen LogP contribution in [-0.4, -0.2) is 18.0 Å². The number of hydrogen-bond acceptors (Lipinski definition) is 2. The number of nitrogens with zero attached hydrogens (tertiary/aromatic N) is 1. The first-order valence-corrected chi connectivity index (χ1v) is 5.92. The van der Waals surface area contributed by atoms with Crippen molar-refractivity contribution in [2.45, 2.75) is 25.3 Å². The van der Waals surface area contributed by atoms with E-state index in [4.69, 9.17) is 5.73 Å². The van der Waals surface area contributed by atoms with Gasteiger partial charge in [0, 0.05) is 11.7 Å². The van der Waals surface area contributed by atoms with E-state index in [1.165, 1.54) is 37.9 Å².